The van der Waals surface area contributed by atoms with Gasteiger partial charge in [0.15, 0.2) is 0 Å². The second-order valence-electron chi connectivity index (χ2n) is 5.92. The van der Waals surface area contributed by atoms with Gasteiger partial charge in [-0.05, 0) is 18.2 Å². The van der Waals surface area contributed by atoms with E-state index < -0.39 is 4.92 Å². The van der Waals surface area contributed by atoms with Gasteiger partial charge in [0.05, 0.1) is 16.7 Å². The summed E-state index contributed by atoms with van der Waals surface area (Å²) in [5.74, 6) is 0. The molecule has 0 bridgehead atoms. The zero-order valence-corrected chi connectivity index (χ0v) is 14.8. The van der Waals surface area contributed by atoms with E-state index in [4.69, 9.17) is 16.9 Å². The Balaban J connectivity index is 1.77. The van der Waals surface area contributed by atoms with E-state index in [1.54, 1.807) is 12.1 Å². The van der Waals surface area contributed by atoms with Crippen LogP contribution in [0, 0.1) is 21.4 Å². The number of rotatable bonds is 4. The van der Waals surface area contributed by atoms with Gasteiger partial charge in [-0.2, -0.15) is 5.26 Å². The molecule has 0 aromatic heterocycles. The van der Waals surface area contributed by atoms with Gasteiger partial charge in [0.25, 0.3) is 5.69 Å². The minimum Gasteiger partial charge on any atom is -0.368 e. The van der Waals surface area contributed by atoms with Gasteiger partial charge in [0.2, 0.25) is 0 Å². The topological polar surface area (TPSA) is 73.4 Å². The normalized spacial score (nSPS) is 14.8. The maximum atomic E-state index is 11.0. The van der Waals surface area contributed by atoms with Crippen molar-refractivity contribution in [2.24, 2.45) is 0 Å². The van der Waals surface area contributed by atoms with Crippen molar-refractivity contribution >= 4 is 28.7 Å². The summed E-state index contributed by atoms with van der Waals surface area (Å²) in [5.41, 5.74) is 2.47. The van der Waals surface area contributed by atoms with Crippen molar-refractivity contribution in [2.75, 3.05) is 31.1 Å². The number of nitro groups is 1. The highest BCUT2D eigenvalue weighted by Crippen LogP contribution is 2.26. The molecule has 0 atom stereocenters. The molecular formula is C19H17ClN4O2. The number of anilines is 1. The molecule has 7 heteroatoms. The molecule has 1 saturated heterocycles. The smallest absolute Gasteiger partial charge is 0.270 e. The van der Waals surface area contributed by atoms with Gasteiger partial charge in [-0.3, -0.25) is 10.1 Å². The Hall–Kier alpha value is -3.04. The van der Waals surface area contributed by atoms with Crippen LogP contribution in [0.1, 0.15) is 5.56 Å². The number of non-ortho nitro benzene ring substituents is 1. The second kappa shape index (κ2) is 7.89. The van der Waals surface area contributed by atoms with Crippen molar-refractivity contribution in [2.45, 2.75) is 0 Å². The first-order valence-corrected chi connectivity index (χ1v) is 8.56. The third kappa shape index (κ3) is 3.95. The van der Waals surface area contributed by atoms with Crippen LogP contribution in [0.4, 0.5) is 11.4 Å². The molecule has 6 nitrogen and oxygen atoms in total. The summed E-state index contributed by atoms with van der Waals surface area (Å²) in [7, 11) is 0. The monoisotopic (exact) mass is 368 g/mol. The first-order valence-electron chi connectivity index (χ1n) is 8.18. The fourth-order valence-electron chi connectivity index (χ4n) is 3.08. The summed E-state index contributed by atoms with van der Waals surface area (Å²) in [6, 6.07) is 16.2. The van der Waals surface area contributed by atoms with E-state index in [0.717, 1.165) is 18.8 Å². The number of nitro benzene ring substituents is 1. The van der Waals surface area contributed by atoms with Crippen molar-refractivity contribution in [3.05, 3.63) is 75.3 Å². The van der Waals surface area contributed by atoms with Gasteiger partial charge < -0.3 is 9.80 Å². The lowest BCUT2D eigenvalue weighted by atomic mass is 10.1. The van der Waals surface area contributed by atoms with E-state index in [2.05, 4.69) is 15.9 Å². The number of benzene rings is 2. The number of halogens is 1. The lowest BCUT2D eigenvalue weighted by Crippen LogP contribution is -2.45. The van der Waals surface area contributed by atoms with Crippen molar-refractivity contribution in [3.8, 4) is 6.07 Å². The average molecular weight is 369 g/mol. The maximum Gasteiger partial charge on any atom is 0.270 e. The Bertz CT molecular complexity index is 883. The minimum absolute atomic E-state index is 0.0175. The third-order valence-corrected chi connectivity index (χ3v) is 4.58. The number of allylic oxidation sites excluding steroid dienone is 1. The number of hydrogen-bond acceptors (Lipinski definition) is 5. The van der Waals surface area contributed by atoms with E-state index in [1.165, 1.54) is 18.2 Å². The SMILES string of the molecule is N#C/C=C(\c1cccc([N+](=O)[O-])c1)N1CCN(c2cccc(Cl)c2)CC1. The minimum atomic E-state index is -0.426. The summed E-state index contributed by atoms with van der Waals surface area (Å²) in [5, 5.41) is 20.9. The second-order valence-corrected chi connectivity index (χ2v) is 6.36. The summed E-state index contributed by atoms with van der Waals surface area (Å²) < 4.78 is 0. The van der Waals surface area contributed by atoms with E-state index in [9.17, 15) is 10.1 Å². The number of piperazine rings is 1. The lowest BCUT2D eigenvalue weighted by Gasteiger charge is -2.38. The summed E-state index contributed by atoms with van der Waals surface area (Å²) >= 11 is 6.07. The van der Waals surface area contributed by atoms with Crippen LogP contribution in [-0.2, 0) is 0 Å². The van der Waals surface area contributed by atoms with Crippen LogP contribution < -0.4 is 4.90 Å². The predicted octanol–water partition coefficient (Wildman–Crippen LogP) is 3.93. The van der Waals surface area contributed by atoms with Gasteiger partial charge in [-0.25, -0.2) is 0 Å². The molecule has 0 amide bonds. The number of nitrogens with zero attached hydrogens (tertiary/aromatic N) is 4. The molecule has 132 valence electrons. The van der Waals surface area contributed by atoms with Crippen LogP contribution in [-0.4, -0.2) is 36.0 Å². The Kier molecular flexibility index (Phi) is 5.40. The maximum absolute atomic E-state index is 11.0. The largest absolute Gasteiger partial charge is 0.368 e. The van der Waals surface area contributed by atoms with Crippen LogP contribution in [0.15, 0.2) is 54.6 Å². The number of hydrogen-bond donors (Lipinski definition) is 0. The van der Waals surface area contributed by atoms with Crippen LogP contribution in [0.2, 0.25) is 5.02 Å². The molecule has 1 heterocycles. The van der Waals surface area contributed by atoms with Gasteiger partial charge in [0, 0.05) is 60.7 Å². The molecule has 2 aromatic carbocycles. The van der Waals surface area contributed by atoms with E-state index >= 15 is 0 Å². The van der Waals surface area contributed by atoms with Crippen molar-refractivity contribution in [1.82, 2.24) is 4.90 Å². The molecular weight excluding hydrogens is 352 g/mol. The van der Waals surface area contributed by atoms with Crippen molar-refractivity contribution < 1.29 is 4.92 Å². The zero-order valence-electron chi connectivity index (χ0n) is 14.0. The summed E-state index contributed by atoms with van der Waals surface area (Å²) in [6.45, 7) is 2.97. The summed E-state index contributed by atoms with van der Waals surface area (Å²) in [4.78, 5) is 14.9. The van der Waals surface area contributed by atoms with Crippen LogP contribution in [0.3, 0.4) is 0 Å². The van der Waals surface area contributed by atoms with Crippen LogP contribution >= 0.6 is 11.6 Å². The van der Waals surface area contributed by atoms with Crippen molar-refractivity contribution in [3.63, 3.8) is 0 Å². The van der Waals surface area contributed by atoms with Gasteiger partial charge in [-0.1, -0.05) is 29.8 Å². The highest BCUT2D eigenvalue weighted by atomic mass is 35.5. The molecule has 0 aliphatic carbocycles. The number of nitriles is 1. The average Bonchev–Trinajstić information content (AvgIpc) is 2.66. The molecule has 1 aliphatic heterocycles. The van der Waals surface area contributed by atoms with Crippen LogP contribution in [0.25, 0.3) is 5.70 Å². The van der Waals surface area contributed by atoms with Gasteiger partial charge >= 0.3 is 0 Å². The first-order chi connectivity index (χ1) is 12.6. The Morgan fingerprint density at radius 2 is 1.88 bits per heavy atom. The molecule has 0 saturated carbocycles. The fraction of sp³-hybridized carbons (Fsp3) is 0.211. The first kappa shape index (κ1) is 17.8. The molecule has 1 aliphatic rings. The fourth-order valence-corrected chi connectivity index (χ4v) is 3.26. The quantitative estimate of drug-likeness (QED) is 0.464. The Morgan fingerprint density at radius 3 is 2.54 bits per heavy atom. The van der Waals surface area contributed by atoms with Gasteiger partial charge in [-0.15, -0.1) is 0 Å². The highest BCUT2D eigenvalue weighted by Gasteiger charge is 2.21. The van der Waals surface area contributed by atoms with Gasteiger partial charge in [0.1, 0.15) is 0 Å². The predicted molar refractivity (Wildman–Crippen MR) is 102 cm³/mol. The molecule has 26 heavy (non-hydrogen) atoms. The van der Waals surface area contributed by atoms with E-state index in [0.29, 0.717) is 29.4 Å². The Morgan fingerprint density at radius 1 is 1.15 bits per heavy atom. The molecule has 0 spiro atoms. The summed E-state index contributed by atoms with van der Waals surface area (Å²) in [6.07, 6.45) is 1.45. The standard InChI is InChI=1S/C19H17ClN4O2/c20-16-4-2-5-17(14-16)22-9-11-23(12-10-22)19(7-8-21)15-3-1-6-18(13-15)24(25)26/h1-7,13-14H,9-12H2/b19-7+. The molecule has 0 N–H and O–H groups in total. The van der Waals surface area contributed by atoms with E-state index in [-0.39, 0.29) is 5.69 Å². The van der Waals surface area contributed by atoms with Crippen molar-refractivity contribution in [1.29, 1.82) is 5.26 Å². The van der Waals surface area contributed by atoms with E-state index in [1.807, 2.05) is 24.3 Å². The molecule has 3 rings (SSSR count). The Labute approximate surface area is 156 Å². The molecule has 1 fully saturated rings. The molecule has 0 unspecified atom stereocenters. The zero-order chi connectivity index (χ0) is 18.5. The van der Waals surface area contributed by atoms with Crippen LogP contribution in [0.5, 0.6) is 0 Å². The highest BCUT2D eigenvalue weighted by molar-refractivity contribution is 6.30. The lowest BCUT2D eigenvalue weighted by molar-refractivity contribution is -0.384. The molecule has 0 radical (unpaired) electrons. The molecule has 2 aromatic rings. The third-order valence-electron chi connectivity index (χ3n) is 4.35.